The molecule has 0 saturated carbocycles. The lowest BCUT2D eigenvalue weighted by molar-refractivity contribution is 0.469. The van der Waals surface area contributed by atoms with E-state index in [9.17, 15) is 0 Å². The fraction of sp³-hybridized carbons (Fsp3) is 0.333. The van der Waals surface area contributed by atoms with E-state index in [1.807, 2.05) is 24.7 Å². The third-order valence-electron chi connectivity index (χ3n) is 3.54. The summed E-state index contributed by atoms with van der Waals surface area (Å²) < 4.78 is 0. The van der Waals surface area contributed by atoms with Gasteiger partial charge in [0, 0.05) is 25.1 Å². The highest BCUT2D eigenvalue weighted by atomic mass is 15.2. The molecule has 1 saturated heterocycles. The van der Waals surface area contributed by atoms with Crippen LogP contribution in [0.25, 0.3) is 0 Å². The van der Waals surface area contributed by atoms with E-state index in [1.165, 1.54) is 24.8 Å². The number of nitrogens with zero attached hydrogens (tertiary/aromatic N) is 3. The van der Waals surface area contributed by atoms with Crippen LogP contribution in [0.4, 0.5) is 5.82 Å². The molecule has 1 unspecified atom stereocenters. The molecule has 1 atom stereocenters. The SMILES string of the molecule is c1ccc(N2CCCCC2c2ccncc2)nc1. The third-order valence-corrected chi connectivity index (χ3v) is 3.54. The molecule has 92 valence electrons. The molecule has 1 aliphatic rings. The van der Waals surface area contributed by atoms with Crippen LogP contribution in [-0.4, -0.2) is 16.5 Å². The van der Waals surface area contributed by atoms with Gasteiger partial charge in [-0.2, -0.15) is 0 Å². The van der Waals surface area contributed by atoms with Crippen LogP contribution in [0.5, 0.6) is 0 Å². The zero-order valence-corrected chi connectivity index (χ0v) is 10.4. The predicted octanol–water partition coefficient (Wildman–Crippen LogP) is 3.21. The van der Waals surface area contributed by atoms with Crippen LogP contribution >= 0.6 is 0 Å². The van der Waals surface area contributed by atoms with Gasteiger partial charge < -0.3 is 4.90 Å². The van der Waals surface area contributed by atoms with Gasteiger partial charge >= 0.3 is 0 Å². The molecule has 3 nitrogen and oxygen atoms in total. The van der Waals surface area contributed by atoms with E-state index in [-0.39, 0.29) is 0 Å². The van der Waals surface area contributed by atoms with Gasteiger partial charge in [-0.3, -0.25) is 4.98 Å². The Kier molecular flexibility index (Phi) is 3.22. The lowest BCUT2D eigenvalue weighted by Crippen LogP contribution is -2.33. The third kappa shape index (κ3) is 2.21. The number of pyridine rings is 2. The number of aromatic nitrogens is 2. The van der Waals surface area contributed by atoms with E-state index in [0.717, 1.165) is 12.4 Å². The van der Waals surface area contributed by atoms with Crippen molar-refractivity contribution in [2.75, 3.05) is 11.4 Å². The van der Waals surface area contributed by atoms with Crippen molar-refractivity contribution in [2.24, 2.45) is 0 Å². The molecular weight excluding hydrogens is 222 g/mol. The van der Waals surface area contributed by atoms with Crippen molar-refractivity contribution in [3.05, 3.63) is 54.5 Å². The zero-order chi connectivity index (χ0) is 12.2. The summed E-state index contributed by atoms with van der Waals surface area (Å²) in [6.07, 6.45) is 9.35. The second kappa shape index (κ2) is 5.17. The molecule has 1 aliphatic heterocycles. The maximum atomic E-state index is 4.49. The fourth-order valence-corrected chi connectivity index (χ4v) is 2.66. The Morgan fingerprint density at radius 2 is 1.89 bits per heavy atom. The van der Waals surface area contributed by atoms with Gasteiger partial charge in [-0.15, -0.1) is 0 Å². The Morgan fingerprint density at radius 3 is 2.67 bits per heavy atom. The van der Waals surface area contributed by atoms with Crippen LogP contribution in [-0.2, 0) is 0 Å². The highest BCUT2D eigenvalue weighted by molar-refractivity contribution is 5.42. The second-order valence-corrected chi connectivity index (χ2v) is 4.67. The van der Waals surface area contributed by atoms with Gasteiger partial charge in [-0.25, -0.2) is 4.98 Å². The number of anilines is 1. The van der Waals surface area contributed by atoms with Crippen molar-refractivity contribution in [3.63, 3.8) is 0 Å². The molecule has 3 heterocycles. The van der Waals surface area contributed by atoms with Crippen molar-refractivity contribution in [3.8, 4) is 0 Å². The van der Waals surface area contributed by atoms with Crippen molar-refractivity contribution >= 4 is 5.82 Å². The van der Waals surface area contributed by atoms with Crippen molar-refractivity contribution in [2.45, 2.75) is 25.3 Å². The predicted molar refractivity (Wildman–Crippen MR) is 72.4 cm³/mol. The summed E-state index contributed by atoms with van der Waals surface area (Å²) in [5, 5.41) is 0. The van der Waals surface area contributed by atoms with Crippen molar-refractivity contribution in [1.29, 1.82) is 0 Å². The summed E-state index contributed by atoms with van der Waals surface area (Å²) in [6, 6.07) is 10.8. The smallest absolute Gasteiger partial charge is 0.128 e. The maximum Gasteiger partial charge on any atom is 0.128 e. The Balaban J connectivity index is 1.92. The molecule has 0 aliphatic carbocycles. The van der Waals surface area contributed by atoms with Crippen LogP contribution in [0, 0.1) is 0 Å². The molecule has 1 fully saturated rings. The van der Waals surface area contributed by atoms with Crippen LogP contribution in [0.15, 0.2) is 48.9 Å². The standard InChI is InChI=1S/C15H17N3/c1-3-9-17-15(6-1)18-12-4-2-5-14(18)13-7-10-16-11-8-13/h1,3,6-11,14H,2,4-5,12H2. The topological polar surface area (TPSA) is 29.0 Å². The van der Waals surface area contributed by atoms with Gasteiger partial charge in [0.1, 0.15) is 5.82 Å². The summed E-state index contributed by atoms with van der Waals surface area (Å²) in [7, 11) is 0. The molecule has 0 N–H and O–H groups in total. The quantitative estimate of drug-likeness (QED) is 0.805. The van der Waals surface area contributed by atoms with Crippen LogP contribution in [0.3, 0.4) is 0 Å². The summed E-state index contributed by atoms with van der Waals surface area (Å²) in [5.74, 6) is 1.08. The van der Waals surface area contributed by atoms with E-state index in [0.29, 0.717) is 6.04 Å². The number of rotatable bonds is 2. The highest BCUT2D eigenvalue weighted by Gasteiger charge is 2.24. The number of hydrogen-bond donors (Lipinski definition) is 0. The van der Waals surface area contributed by atoms with Gasteiger partial charge in [-0.1, -0.05) is 6.07 Å². The van der Waals surface area contributed by atoms with Gasteiger partial charge in [0.2, 0.25) is 0 Å². The van der Waals surface area contributed by atoms with E-state index >= 15 is 0 Å². The average molecular weight is 239 g/mol. The minimum absolute atomic E-state index is 0.441. The lowest BCUT2D eigenvalue weighted by Gasteiger charge is -2.36. The minimum Gasteiger partial charge on any atom is -0.350 e. The molecular formula is C15H17N3. The average Bonchev–Trinajstić information content (AvgIpc) is 2.49. The van der Waals surface area contributed by atoms with Crippen molar-refractivity contribution < 1.29 is 0 Å². The summed E-state index contributed by atoms with van der Waals surface area (Å²) in [6.45, 7) is 1.09. The van der Waals surface area contributed by atoms with E-state index < -0.39 is 0 Å². The first-order chi connectivity index (χ1) is 8.95. The van der Waals surface area contributed by atoms with Crippen molar-refractivity contribution in [1.82, 2.24) is 9.97 Å². The van der Waals surface area contributed by atoms with E-state index in [1.54, 1.807) is 0 Å². The molecule has 3 rings (SSSR count). The monoisotopic (exact) mass is 239 g/mol. The zero-order valence-electron chi connectivity index (χ0n) is 10.4. The molecule has 0 spiro atoms. The normalized spacial score (nSPS) is 19.8. The summed E-state index contributed by atoms with van der Waals surface area (Å²) >= 11 is 0. The molecule has 0 aromatic carbocycles. The Labute approximate surface area is 108 Å². The first kappa shape index (κ1) is 11.2. The molecule has 0 radical (unpaired) electrons. The fourth-order valence-electron chi connectivity index (χ4n) is 2.66. The van der Waals surface area contributed by atoms with E-state index in [2.05, 4.69) is 39.1 Å². The Bertz CT molecular complexity index is 436. The number of piperidine rings is 1. The molecule has 18 heavy (non-hydrogen) atoms. The molecule has 2 aromatic heterocycles. The first-order valence-corrected chi connectivity index (χ1v) is 6.53. The maximum absolute atomic E-state index is 4.49. The minimum atomic E-state index is 0.441. The Hall–Kier alpha value is -1.90. The largest absolute Gasteiger partial charge is 0.350 e. The van der Waals surface area contributed by atoms with Gasteiger partial charge in [0.15, 0.2) is 0 Å². The van der Waals surface area contributed by atoms with Crippen LogP contribution < -0.4 is 4.90 Å². The van der Waals surface area contributed by atoms with Gasteiger partial charge in [0.05, 0.1) is 6.04 Å². The number of hydrogen-bond acceptors (Lipinski definition) is 3. The summed E-state index contributed by atoms with van der Waals surface area (Å²) in [5.41, 5.74) is 1.34. The highest BCUT2D eigenvalue weighted by Crippen LogP contribution is 2.33. The summed E-state index contributed by atoms with van der Waals surface area (Å²) in [4.78, 5) is 11.0. The molecule has 0 amide bonds. The van der Waals surface area contributed by atoms with Gasteiger partial charge in [0.25, 0.3) is 0 Å². The first-order valence-electron chi connectivity index (χ1n) is 6.53. The lowest BCUT2D eigenvalue weighted by atomic mass is 9.96. The second-order valence-electron chi connectivity index (χ2n) is 4.67. The molecule has 3 heteroatoms. The van der Waals surface area contributed by atoms with Crippen LogP contribution in [0.2, 0.25) is 0 Å². The van der Waals surface area contributed by atoms with E-state index in [4.69, 9.17) is 0 Å². The molecule has 0 bridgehead atoms. The van der Waals surface area contributed by atoms with Gasteiger partial charge in [-0.05, 0) is 49.1 Å². The Morgan fingerprint density at radius 1 is 1.00 bits per heavy atom. The molecule has 2 aromatic rings. The van der Waals surface area contributed by atoms with Crippen LogP contribution in [0.1, 0.15) is 30.9 Å².